The molecule has 0 atom stereocenters. The number of nitrogens with zero attached hydrogens (tertiary/aromatic N) is 2. The second-order valence-electron chi connectivity index (χ2n) is 10.00. The van der Waals surface area contributed by atoms with Gasteiger partial charge in [0.15, 0.2) is 0 Å². The highest BCUT2D eigenvalue weighted by Gasteiger charge is 2.27. The Morgan fingerprint density at radius 2 is 1.83 bits per heavy atom. The Balaban J connectivity index is 1.37. The van der Waals surface area contributed by atoms with Gasteiger partial charge >= 0.3 is 11.7 Å². The van der Waals surface area contributed by atoms with E-state index in [9.17, 15) is 24.3 Å². The number of aliphatic imine (C=N–C) groups is 1. The van der Waals surface area contributed by atoms with Gasteiger partial charge in [0.05, 0.1) is 23.5 Å². The van der Waals surface area contributed by atoms with E-state index in [1.54, 1.807) is 43.3 Å². The molecule has 2 aromatic carbocycles. The first-order chi connectivity index (χ1) is 20.2. The van der Waals surface area contributed by atoms with Crippen molar-refractivity contribution in [2.24, 2.45) is 4.99 Å². The van der Waals surface area contributed by atoms with Crippen molar-refractivity contribution in [1.29, 1.82) is 0 Å². The number of aromatic hydroxyl groups is 1. The van der Waals surface area contributed by atoms with Gasteiger partial charge in [0.2, 0.25) is 5.88 Å². The number of benzene rings is 2. The fraction of sp³-hybridized carbons (Fsp3) is 0.258. The van der Waals surface area contributed by atoms with Crippen molar-refractivity contribution in [3.63, 3.8) is 0 Å². The molecule has 11 heteroatoms. The molecular formula is C31H30N4O6S. The summed E-state index contributed by atoms with van der Waals surface area (Å²) in [6.07, 6.45) is 4.85. The van der Waals surface area contributed by atoms with Crippen LogP contribution in [0.25, 0.3) is 5.69 Å². The molecule has 10 nitrogen and oxygen atoms in total. The van der Waals surface area contributed by atoms with E-state index in [2.05, 4.69) is 15.3 Å². The third-order valence-electron chi connectivity index (χ3n) is 7.22. The Labute approximate surface area is 245 Å². The predicted octanol–water partition coefficient (Wildman–Crippen LogP) is 4.97. The summed E-state index contributed by atoms with van der Waals surface area (Å²) in [5, 5.41) is 14.2. The monoisotopic (exact) mass is 586 g/mol. The number of hydrogen-bond acceptors (Lipinski definition) is 8. The third-order valence-corrected chi connectivity index (χ3v) is 8.43. The zero-order chi connectivity index (χ0) is 30.0. The zero-order valence-corrected chi connectivity index (χ0v) is 24.3. The van der Waals surface area contributed by atoms with Crippen LogP contribution < -0.4 is 16.6 Å². The summed E-state index contributed by atoms with van der Waals surface area (Å²) in [7, 11) is 0. The number of carbonyl (C=O) groups excluding carboxylic acids is 2. The lowest BCUT2D eigenvalue weighted by Gasteiger charge is -2.12. The van der Waals surface area contributed by atoms with Crippen molar-refractivity contribution < 1.29 is 19.4 Å². The molecule has 0 saturated carbocycles. The van der Waals surface area contributed by atoms with Crippen LogP contribution in [0.3, 0.4) is 0 Å². The molecule has 42 heavy (non-hydrogen) atoms. The minimum Gasteiger partial charge on any atom is -0.493 e. The van der Waals surface area contributed by atoms with Crippen LogP contribution in [-0.2, 0) is 17.6 Å². The molecule has 2 aromatic heterocycles. The minimum atomic E-state index is -0.784. The normalized spacial score (nSPS) is 12.7. The van der Waals surface area contributed by atoms with E-state index in [0.29, 0.717) is 27.5 Å². The van der Waals surface area contributed by atoms with Crippen LogP contribution in [0.5, 0.6) is 5.88 Å². The van der Waals surface area contributed by atoms with Crippen molar-refractivity contribution in [3.8, 4) is 11.6 Å². The van der Waals surface area contributed by atoms with E-state index in [0.717, 1.165) is 51.8 Å². The highest BCUT2D eigenvalue weighted by atomic mass is 32.1. The molecule has 4 aromatic rings. The van der Waals surface area contributed by atoms with E-state index >= 15 is 0 Å². The smallest absolute Gasteiger partial charge is 0.341 e. The molecule has 1 aliphatic rings. The molecule has 0 bridgehead atoms. The number of fused-ring (bicyclic) bond motifs is 1. The zero-order valence-electron chi connectivity index (χ0n) is 23.4. The average molecular weight is 587 g/mol. The largest absolute Gasteiger partial charge is 0.493 e. The molecular weight excluding hydrogens is 556 g/mol. The molecule has 0 spiro atoms. The third kappa shape index (κ3) is 5.68. The van der Waals surface area contributed by atoms with E-state index in [4.69, 9.17) is 4.74 Å². The first kappa shape index (κ1) is 28.7. The number of H-pyrrole nitrogens is 1. The molecule has 1 aliphatic carbocycles. The number of esters is 1. The molecule has 1 amide bonds. The number of anilines is 1. The quantitative estimate of drug-likeness (QED) is 0.206. The number of aryl methyl sites for hydroxylation is 3. The maximum atomic E-state index is 13.1. The lowest BCUT2D eigenvalue weighted by Crippen LogP contribution is -2.31. The van der Waals surface area contributed by atoms with Gasteiger partial charge in [-0.05, 0) is 99.5 Å². The number of rotatable bonds is 7. The van der Waals surface area contributed by atoms with Crippen molar-refractivity contribution >= 4 is 40.1 Å². The molecule has 5 rings (SSSR count). The maximum absolute atomic E-state index is 13.1. The van der Waals surface area contributed by atoms with Crippen LogP contribution >= 0.6 is 11.3 Å². The molecule has 216 valence electrons. The van der Waals surface area contributed by atoms with Crippen LogP contribution in [0, 0.1) is 13.8 Å². The van der Waals surface area contributed by atoms with E-state index < -0.39 is 23.1 Å². The summed E-state index contributed by atoms with van der Waals surface area (Å²) in [5.41, 5.74) is 2.75. The lowest BCUT2D eigenvalue weighted by molar-refractivity contribution is 0.0526. The van der Waals surface area contributed by atoms with Gasteiger partial charge in [-0.15, -0.1) is 11.3 Å². The van der Waals surface area contributed by atoms with Crippen LogP contribution in [0.4, 0.5) is 10.7 Å². The average Bonchev–Trinajstić information content (AvgIpc) is 3.33. The Morgan fingerprint density at radius 3 is 2.55 bits per heavy atom. The first-order valence-corrected chi connectivity index (χ1v) is 14.4. The van der Waals surface area contributed by atoms with Gasteiger partial charge in [-0.2, -0.15) is 0 Å². The maximum Gasteiger partial charge on any atom is 0.341 e. The van der Waals surface area contributed by atoms with Crippen molar-refractivity contribution in [3.05, 3.63) is 102 Å². The molecule has 0 radical (unpaired) electrons. The minimum absolute atomic E-state index is 0.192. The van der Waals surface area contributed by atoms with Crippen molar-refractivity contribution in [1.82, 2.24) is 9.55 Å². The number of ether oxygens (including phenoxy) is 1. The van der Waals surface area contributed by atoms with Crippen LogP contribution in [0.1, 0.15) is 67.6 Å². The van der Waals surface area contributed by atoms with Gasteiger partial charge in [-0.1, -0.05) is 6.07 Å². The summed E-state index contributed by atoms with van der Waals surface area (Å²) in [6, 6.07) is 11.5. The Kier molecular flexibility index (Phi) is 8.21. The second-order valence-corrected chi connectivity index (χ2v) is 11.1. The fourth-order valence-corrected chi connectivity index (χ4v) is 6.12. The van der Waals surface area contributed by atoms with Gasteiger partial charge in [-0.3, -0.25) is 19.6 Å². The molecule has 0 unspecified atom stereocenters. The number of carbonyl (C=O) groups is 2. The Hall–Kier alpha value is -4.77. The number of aromatic amines is 1. The summed E-state index contributed by atoms with van der Waals surface area (Å²) in [4.78, 5) is 58.4. The fourth-order valence-electron chi connectivity index (χ4n) is 4.85. The highest BCUT2D eigenvalue weighted by molar-refractivity contribution is 7.17. The van der Waals surface area contributed by atoms with Gasteiger partial charge in [0, 0.05) is 16.7 Å². The Morgan fingerprint density at radius 1 is 1.10 bits per heavy atom. The molecule has 0 aliphatic heterocycles. The molecule has 0 fully saturated rings. The van der Waals surface area contributed by atoms with Crippen LogP contribution in [-0.4, -0.2) is 39.4 Å². The number of hydrogen-bond donors (Lipinski definition) is 3. The topological polar surface area (TPSA) is 143 Å². The van der Waals surface area contributed by atoms with Gasteiger partial charge in [0.1, 0.15) is 10.6 Å². The summed E-state index contributed by atoms with van der Waals surface area (Å²) in [5.74, 6) is -1.36. The van der Waals surface area contributed by atoms with Gasteiger partial charge < -0.3 is 15.2 Å². The number of nitrogens with one attached hydrogen (secondary N) is 2. The molecule has 2 heterocycles. The SMILES string of the molecule is CCOC(=O)c1c(NC(=O)c2ccc(N=Cc3c(O)n(-c4ccc(C)c(C)c4)c(=O)[nH]c3=O)cc2)sc2c1CCCC2. The number of thiophene rings is 1. The standard InChI is InChI=1S/C31H30N4O6S/c1-4-41-30(39)25-22-7-5-6-8-24(22)42-28(25)33-26(36)19-10-12-20(13-11-19)32-16-23-27(37)34-31(40)35(29(23)38)21-14-9-17(2)18(3)15-21/h9-16,38H,4-8H2,1-3H3,(H,33,36)(H,34,37,40). The summed E-state index contributed by atoms with van der Waals surface area (Å²) < 4.78 is 6.27. The van der Waals surface area contributed by atoms with Gasteiger partial charge in [-0.25, -0.2) is 14.2 Å². The number of amides is 1. The number of aromatic nitrogens is 2. The van der Waals surface area contributed by atoms with E-state index in [1.807, 2.05) is 19.9 Å². The van der Waals surface area contributed by atoms with Crippen molar-refractivity contribution in [2.45, 2.75) is 46.5 Å². The highest BCUT2D eigenvalue weighted by Crippen LogP contribution is 2.39. The van der Waals surface area contributed by atoms with E-state index in [1.165, 1.54) is 17.6 Å². The van der Waals surface area contributed by atoms with Crippen LogP contribution in [0.15, 0.2) is 57.0 Å². The molecule has 0 saturated heterocycles. The van der Waals surface area contributed by atoms with E-state index in [-0.39, 0.29) is 18.1 Å². The van der Waals surface area contributed by atoms with Crippen molar-refractivity contribution in [2.75, 3.05) is 11.9 Å². The first-order valence-electron chi connectivity index (χ1n) is 13.6. The summed E-state index contributed by atoms with van der Waals surface area (Å²) >= 11 is 1.42. The van der Waals surface area contributed by atoms with Gasteiger partial charge in [0.25, 0.3) is 11.5 Å². The Bertz CT molecular complexity index is 1830. The van der Waals surface area contributed by atoms with Crippen LogP contribution in [0.2, 0.25) is 0 Å². The second kappa shape index (κ2) is 12.0. The predicted molar refractivity (Wildman–Crippen MR) is 162 cm³/mol. The molecule has 3 N–H and O–H groups in total. The lowest BCUT2D eigenvalue weighted by atomic mass is 9.95. The summed E-state index contributed by atoms with van der Waals surface area (Å²) in [6.45, 7) is 5.80.